The Bertz CT molecular complexity index is 569. The zero-order chi connectivity index (χ0) is 14.3. The van der Waals surface area contributed by atoms with Gasteiger partial charge in [-0.1, -0.05) is 6.92 Å². The monoisotopic (exact) mass is 297 g/mol. The van der Waals surface area contributed by atoms with Crippen LogP contribution >= 0.6 is 0 Å². The number of aryl methyl sites for hydroxylation is 1. The quantitative estimate of drug-likeness (QED) is 0.912. The molecule has 2 saturated heterocycles. The smallest absolute Gasteiger partial charge is 0.244 e. The van der Waals surface area contributed by atoms with Gasteiger partial charge in [-0.15, -0.1) is 0 Å². The minimum atomic E-state index is -3.36. The number of nitrogens with zero attached hydrogens (tertiary/aromatic N) is 2. The summed E-state index contributed by atoms with van der Waals surface area (Å²) in [7, 11) is -1.52. The molecule has 1 N–H and O–H groups in total. The van der Waals surface area contributed by atoms with E-state index in [9.17, 15) is 8.42 Å². The molecule has 2 atom stereocenters. The van der Waals surface area contributed by atoms with Crippen LogP contribution in [0.4, 0.5) is 0 Å². The summed E-state index contributed by atoms with van der Waals surface area (Å²) in [5.41, 5.74) is 0. The van der Waals surface area contributed by atoms with E-state index < -0.39 is 10.0 Å². The summed E-state index contributed by atoms with van der Waals surface area (Å²) in [6, 6.07) is 2.83. The largest absolute Gasteiger partial charge is 0.356 e. The molecular formula is C14H23N3O2S. The van der Waals surface area contributed by atoms with Crippen molar-refractivity contribution in [3.63, 3.8) is 0 Å². The first-order chi connectivity index (χ1) is 9.50. The lowest BCUT2D eigenvalue weighted by Gasteiger charge is -2.36. The zero-order valence-electron chi connectivity index (χ0n) is 12.1. The molecule has 2 aliphatic rings. The summed E-state index contributed by atoms with van der Waals surface area (Å²) in [6.45, 7) is 2.48. The van der Waals surface area contributed by atoms with Gasteiger partial charge in [-0.25, -0.2) is 8.42 Å². The van der Waals surface area contributed by atoms with Gasteiger partial charge in [-0.2, -0.15) is 4.31 Å². The predicted octanol–water partition coefficient (Wildman–Crippen LogP) is 1.32. The number of sulfonamides is 1. The summed E-state index contributed by atoms with van der Waals surface area (Å²) in [6.07, 6.45) is 7.72. The van der Waals surface area contributed by atoms with Gasteiger partial charge < -0.3 is 9.88 Å². The third-order valence-corrected chi connectivity index (χ3v) is 6.59. The Balaban J connectivity index is 1.86. The van der Waals surface area contributed by atoms with Crippen molar-refractivity contribution in [1.29, 1.82) is 0 Å². The fourth-order valence-electron chi connectivity index (χ4n) is 3.65. The van der Waals surface area contributed by atoms with Crippen LogP contribution in [-0.4, -0.2) is 42.0 Å². The lowest BCUT2D eigenvalue weighted by molar-refractivity contribution is 0.232. The Kier molecular flexibility index (Phi) is 3.64. The second kappa shape index (κ2) is 5.16. The average Bonchev–Trinajstić information content (AvgIpc) is 2.97. The molecule has 1 aromatic rings. The van der Waals surface area contributed by atoms with E-state index in [2.05, 4.69) is 5.32 Å². The van der Waals surface area contributed by atoms with Crippen molar-refractivity contribution in [2.45, 2.75) is 55.6 Å². The first-order valence-corrected chi connectivity index (χ1v) is 8.84. The van der Waals surface area contributed by atoms with Crippen LogP contribution in [0.1, 0.15) is 32.6 Å². The van der Waals surface area contributed by atoms with E-state index >= 15 is 0 Å². The molecule has 1 aromatic heterocycles. The lowest BCUT2D eigenvalue weighted by Crippen LogP contribution is -2.50. The van der Waals surface area contributed by atoms with Gasteiger partial charge in [0.05, 0.1) is 4.90 Å². The van der Waals surface area contributed by atoms with Gasteiger partial charge in [0.2, 0.25) is 10.0 Å². The number of aromatic nitrogens is 1. The van der Waals surface area contributed by atoms with Gasteiger partial charge >= 0.3 is 0 Å². The van der Waals surface area contributed by atoms with Crippen LogP contribution in [0, 0.1) is 0 Å². The molecule has 2 bridgehead atoms. The Hall–Kier alpha value is -0.850. The van der Waals surface area contributed by atoms with Crippen LogP contribution < -0.4 is 5.32 Å². The molecule has 0 saturated carbocycles. The molecule has 112 valence electrons. The van der Waals surface area contributed by atoms with E-state index in [1.165, 1.54) is 12.8 Å². The van der Waals surface area contributed by atoms with Crippen molar-refractivity contribution in [3.05, 3.63) is 18.5 Å². The molecule has 5 nitrogen and oxygen atoms in total. The van der Waals surface area contributed by atoms with Gasteiger partial charge in [0.15, 0.2) is 0 Å². The summed E-state index contributed by atoms with van der Waals surface area (Å²) in [4.78, 5) is 0.410. The number of fused-ring (bicyclic) bond motifs is 2. The fourth-order valence-corrected chi connectivity index (χ4v) is 5.36. The van der Waals surface area contributed by atoms with E-state index in [0.717, 1.165) is 12.8 Å². The predicted molar refractivity (Wildman–Crippen MR) is 77.9 cm³/mol. The highest BCUT2D eigenvalue weighted by molar-refractivity contribution is 7.89. The van der Waals surface area contributed by atoms with Gasteiger partial charge in [0.1, 0.15) is 0 Å². The Morgan fingerprint density at radius 2 is 2.00 bits per heavy atom. The molecular weight excluding hydrogens is 274 g/mol. The molecule has 2 unspecified atom stereocenters. The molecule has 6 heteroatoms. The van der Waals surface area contributed by atoms with Gasteiger partial charge in [0.25, 0.3) is 0 Å². The van der Waals surface area contributed by atoms with Crippen molar-refractivity contribution in [1.82, 2.24) is 14.2 Å². The number of hydrogen-bond acceptors (Lipinski definition) is 3. The van der Waals surface area contributed by atoms with E-state index in [1.54, 1.807) is 27.3 Å². The molecule has 0 spiro atoms. The summed E-state index contributed by atoms with van der Waals surface area (Å²) in [5.74, 6) is 0. The minimum Gasteiger partial charge on any atom is -0.356 e. The summed E-state index contributed by atoms with van der Waals surface area (Å²) >= 11 is 0. The highest BCUT2D eigenvalue weighted by atomic mass is 32.2. The minimum absolute atomic E-state index is 0.143. The molecule has 0 radical (unpaired) electrons. The van der Waals surface area contributed by atoms with Gasteiger partial charge in [-0.3, -0.25) is 0 Å². The van der Waals surface area contributed by atoms with Crippen molar-refractivity contribution in [2.75, 3.05) is 6.54 Å². The Labute approximate surface area is 121 Å². The average molecular weight is 297 g/mol. The van der Waals surface area contributed by atoms with Gasteiger partial charge in [-0.05, 0) is 31.7 Å². The third-order valence-electron chi connectivity index (χ3n) is 4.58. The standard InChI is InChI=1S/C14H23N3O2S/c1-3-17(13-8-11-4-5-12(9-13)15-11)20(18,19)14-6-7-16(2)10-14/h6-7,10-13,15H,3-5,8-9H2,1-2H3. The molecule has 0 aromatic carbocycles. The zero-order valence-corrected chi connectivity index (χ0v) is 12.9. The lowest BCUT2D eigenvalue weighted by atomic mass is 10.00. The maximum atomic E-state index is 12.8. The van der Waals surface area contributed by atoms with E-state index in [1.807, 2.05) is 14.0 Å². The van der Waals surface area contributed by atoms with Crippen LogP contribution in [0.3, 0.4) is 0 Å². The number of piperidine rings is 1. The molecule has 0 amide bonds. The Morgan fingerprint density at radius 3 is 2.50 bits per heavy atom. The highest BCUT2D eigenvalue weighted by Crippen LogP contribution is 2.32. The van der Waals surface area contributed by atoms with Crippen LogP contribution in [0.25, 0.3) is 0 Å². The van der Waals surface area contributed by atoms with Crippen molar-refractivity contribution in [3.8, 4) is 0 Å². The summed E-state index contributed by atoms with van der Waals surface area (Å²) < 4.78 is 29.1. The molecule has 0 aliphatic carbocycles. The maximum Gasteiger partial charge on any atom is 0.244 e. The molecule has 2 aliphatic heterocycles. The molecule has 3 rings (SSSR count). The fraction of sp³-hybridized carbons (Fsp3) is 0.714. The van der Waals surface area contributed by atoms with Crippen molar-refractivity contribution < 1.29 is 8.42 Å². The number of nitrogens with one attached hydrogen (secondary N) is 1. The SMILES string of the molecule is CCN(C1CC2CCC(C1)N2)S(=O)(=O)c1ccn(C)c1. The van der Waals surface area contributed by atoms with Crippen molar-refractivity contribution in [2.24, 2.45) is 7.05 Å². The summed E-state index contributed by atoms with van der Waals surface area (Å²) in [5, 5.41) is 3.57. The Morgan fingerprint density at radius 1 is 1.35 bits per heavy atom. The number of rotatable bonds is 4. The highest BCUT2D eigenvalue weighted by Gasteiger charge is 2.39. The molecule has 20 heavy (non-hydrogen) atoms. The van der Waals surface area contributed by atoms with Crippen molar-refractivity contribution >= 4 is 10.0 Å². The number of hydrogen-bond donors (Lipinski definition) is 1. The molecule has 3 heterocycles. The third kappa shape index (κ3) is 2.40. The maximum absolute atomic E-state index is 12.8. The topological polar surface area (TPSA) is 54.3 Å². The van der Waals surface area contributed by atoms with Gasteiger partial charge in [0, 0.05) is 44.1 Å². The second-order valence-corrected chi connectivity index (χ2v) is 7.87. The van der Waals surface area contributed by atoms with E-state index in [4.69, 9.17) is 0 Å². The van der Waals surface area contributed by atoms with Crippen LogP contribution in [0.15, 0.2) is 23.4 Å². The van der Waals surface area contributed by atoms with Crippen LogP contribution in [0.5, 0.6) is 0 Å². The first kappa shape index (κ1) is 14.1. The van der Waals surface area contributed by atoms with E-state index in [0.29, 0.717) is 23.5 Å². The van der Waals surface area contributed by atoms with Crippen LogP contribution in [0.2, 0.25) is 0 Å². The first-order valence-electron chi connectivity index (χ1n) is 7.40. The molecule has 2 fully saturated rings. The van der Waals surface area contributed by atoms with Crippen LogP contribution in [-0.2, 0) is 17.1 Å². The van der Waals surface area contributed by atoms with E-state index in [-0.39, 0.29) is 6.04 Å². The second-order valence-electron chi connectivity index (χ2n) is 5.98. The normalized spacial score (nSPS) is 30.1.